The van der Waals surface area contributed by atoms with Crippen LogP contribution in [-0.4, -0.2) is 42.8 Å². The van der Waals surface area contributed by atoms with E-state index < -0.39 is 18.0 Å². The van der Waals surface area contributed by atoms with Crippen molar-refractivity contribution in [1.29, 1.82) is 0 Å². The van der Waals surface area contributed by atoms with Crippen LogP contribution in [0.5, 0.6) is 11.8 Å². The summed E-state index contributed by atoms with van der Waals surface area (Å²) < 4.78 is 67.5. The average molecular weight is 613 g/mol. The number of nitrogens with zero attached hydrogens (tertiary/aromatic N) is 6. The summed E-state index contributed by atoms with van der Waals surface area (Å²) in [5, 5.41) is 0. The minimum Gasteiger partial charge on any atom is -0.480 e. The largest absolute Gasteiger partial charge is 0.480 e. The summed E-state index contributed by atoms with van der Waals surface area (Å²) in [7, 11) is 3.05. The molecule has 0 amide bonds. The monoisotopic (exact) mass is 612 g/mol. The molecule has 234 valence electrons. The zero-order valence-corrected chi connectivity index (χ0v) is 25.2. The van der Waals surface area contributed by atoms with Crippen molar-refractivity contribution < 1.29 is 27.0 Å². The molecule has 44 heavy (non-hydrogen) atoms. The third-order valence-electron chi connectivity index (χ3n) is 7.84. The SMILES string of the molecule is CC.COc1ncnc(C2CC2)c1-c1ncc(C2CCCCC2F)c(OCc2ccc(-c3nc(C(F)(F)F)cn3C)cc2)n1. The Labute approximate surface area is 253 Å². The van der Waals surface area contributed by atoms with Gasteiger partial charge in [0.1, 0.15) is 30.5 Å². The van der Waals surface area contributed by atoms with E-state index in [0.717, 1.165) is 43.1 Å². The molecule has 0 bridgehead atoms. The third kappa shape index (κ3) is 6.68. The minimum atomic E-state index is -4.52. The van der Waals surface area contributed by atoms with Gasteiger partial charge in [0.15, 0.2) is 11.5 Å². The van der Waals surface area contributed by atoms with Crippen molar-refractivity contribution >= 4 is 0 Å². The Morgan fingerprint density at radius 3 is 2.30 bits per heavy atom. The lowest BCUT2D eigenvalue weighted by molar-refractivity contribution is -0.140. The van der Waals surface area contributed by atoms with Crippen molar-refractivity contribution in [3.63, 3.8) is 0 Å². The first kappa shape index (κ1) is 31.3. The van der Waals surface area contributed by atoms with Crippen LogP contribution in [0.4, 0.5) is 17.6 Å². The normalized spacial score (nSPS) is 18.4. The van der Waals surface area contributed by atoms with Crippen molar-refractivity contribution in [3.05, 3.63) is 65.5 Å². The van der Waals surface area contributed by atoms with Gasteiger partial charge in [0.25, 0.3) is 0 Å². The van der Waals surface area contributed by atoms with Gasteiger partial charge in [0.2, 0.25) is 11.8 Å². The second kappa shape index (κ2) is 13.3. The van der Waals surface area contributed by atoms with E-state index in [2.05, 4.69) is 19.9 Å². The molecule has 0 spiro atoms. The standard InChI is InChI=1S/C30H30F4N6O2.C2H6/c1-40-14-23(30(32,33)34)38-27(40)19-9-7-17(8-10-19)15-42-28-21(20-5-3-4-6-22(20)31)13-35-26(39-28)24-25(18-11-12-18)36-16-37-29(24)41-2;1-2/h7-10,13-14,16,18,20,22H,3-6,11-12,15H2,1-2H3;1-2H3. The van der Waals surface area contributed by atoms with Crippen LogP contribution in [-0.2, 0) is 19.8 Å². The van der Waals surface area contributed by atoms with E-state index >= 15 is 4.39 Å². The van der Waals surface area contributed by atoms with Gasteiger partial charge in [-0.25, -0.2) is 24.3 Å². The first-order chi connectivity index (χ1) is 21.2. The highest BCUT2D eigenvalue weighted by Crippen LogP contribution is 2.46. The first-order valence-electron chi connectivity index (χ1n) is 15.0. The molecule has 3 aromatic heterocycles. The summed E-state index contributed by atoms with van der Waals surface area (Å²) in [5.41, 5.74) is 2.39. The second-order valence-electron chi connectivity index (χ2n) is 10.8. The van der Waals surface area contributed by atoms with Crippen molar-refractivity contribution in [2.75, 3.05) is 7.11 Å². The second-order valence-corrected chi connectivity index (χ2v) is 10.8. The fourth-order valence-electron chi connectivity index (χ4n) is 5.49. The van der Waals surface area contributed by atoms with Gasteiger partial charge in [-0.15, -0.1) is 0 Å². The van der Waals surface area contributed by atoms with Crippen LogP contribution < -0.4 is 9.47 Å². The number of imidazole rings is 1. The van der Waals surface area contributed by atoms with Gasteiger partial charge in [0, 0.05) is 42.4 Å². The highest BCUT2D eigenvalue weighted by atomic mass is 19.4. The van der Waals surface area contributed by atoms with E-state index in [-0.39, 0.29) is 30.1 Å². The zero-order chi connectivity index (χ0) is 31.4. The number of benzene rings is 1. The molecule has 3 heterocycles. The molecule has 8 nitrogen and oxygen atoms in total. The molecular weight excluding hydrogens is 576 g/mol. The minimum absolute atomic E-state index is 0.111. The van der Waals surface area contributed by atoms with Crippen LogP contribution in [0.3, 0.4) is 0 Å². The summed E-state index contributed by atoms with van der Waals surface area (Å²) in [6.07, 6.45) is 3.43. The van der Waals surface area contributed by atoms with Gasteiger partial charge in [-0.2, -0.15) is 18.2 Å². The van der Waals surface area contributed by atoms with E-state index in [1.165, 1.54) is 25.1 Å². The molecule has 0 aliphatic heterocycles. The van der Waals surface area contributed by atoms with Gasteiger partial charge in [-0.05, 0) is 31.2 Å². The Balaban J connectivity index is 0.00000188. The van der Waals surface area contributed by atoms with Crippen LogP contribution in [0.25, 0.3) is 22.8 Å². The van der Waals surface area contributed by atoms with Crippen LogP contribution >= 0.6 is 0 Å². The maximum absolute atomic E-state index is 15.1. The van der Waals surface area contributed by atoms with Gasteiger partial charge in [-0.3, -0.25) is 0 Å². The number of hydrogen-bond donors (Lipinski definition) is 0. The fourth-order valence-corrected chi connectivity index (χ4v) is 5.49. The quantitative estimate of drug-likeness (QED) is 0.187. The molecule has 2 saturated carbocycles. The summed E-state index contributed by atoms with van der Waals surface area (Å²) in [6, 6.07) is 6.91. The Kier molecular flexibility index (Phi) is 9.45. The van der Waals surface area contributed by atoms with Crippen LogP contribution in [0.2, 0.25) is 0 Å². The van der Waals surface area contributed by atoms with Crippen molar-refractivity contribution in [2.45, 2.75) is 83.2 Å². The lowest BCUT2D eigenvalue weighted by atomic mass is 9.83. The van der Waals surface area contributed by atoms with E-state index in [9.17, 15) is 13.2 Å². The van der Waals surface area contributed by atoms with E-state index in [4.69, 9.17) is 14.5 Å². The van der Waals surface area contributed by atoms with Crippen LogP contribution in [0.1, 0.15) is 86.7 Å². The highest BCUT2D eigenvalue weighted by molar-refractivity contribution is 5.66. The maximum Gasteiger partial charge on any atom is 0.434 e. The maximum atomic E-state index is 15.1. The van der Waals surface area contributed by atoms with Crippen molar-refractivity contribution in [2.24, 2.45) is 7.05 Å². The predicted octanol–water partition coefficient (Wildman–Crippen LogP) is 7.84. The van der Waals surface area contributed by atoms with E-state index in [1.807, 2.05) is 13.8 Å². The lowest BCUT2D eigenvalue weighted by Crippen LogP contribution is -2.20. The number of aromatic nitrogens is 6. The number of ether oxygens (including phenoxy) is 2. The van der Waals surface area contributed by atoms with E-state index in [0.29, 0.717) is 41.2 Å². The molecule has 2 unspecified atom stereocenters. The van der Waals surface area contributed by atoms with Crippen LogP contribution in [0, 0.1) is 0 Å². The molecular formula is C32H36F4N6O2. The van der Waals surface area contributed by atoms with Crippen LogP contribution in [0.15, 0.2) is 43.0 Å². The molecule has 2 aliphatic carbocycles. The predicted molar refractivity (Wildman–Crippen MR) is 157 cm³/mol. The summed E-state index contributed by atoms with van der Waals surface area (Å²) in [6.45, 7) is 4.11. The number of aryl methyl sites for hydroxylation is 1. The number of alkyl halides is 4. The third-order valence-corrected chi connectivity index (χ3v) is 7.84. The molecule has 4 aromatic rings. The smallest absolute Gasteiger partial charge is 0.434 e. The number of methoxy groups -OCH3 is 1. The highest BCUT2D eigenvalue weighted by Gasteiger charge is 2.35. The topological polar surface area (TPSA) is 87.8 Å². The van der Waals surface area contributed by atoms with Gasteiger partial charge in [-0.1, -0.05) is 51.0 Å². The number of halogens is 4. The molecule has 0 radical (unpaired) electrons. The average Bonchev–Trinajstić information content (AvgIpc) is 3.81. The van der Waals surface area contributed by atoms with Gasteiger partial charge in [0.05, 0.1) is 12.8 Å². The van der Waals surface area contributed by atoms with Crippen molar-refractivity contribution in [1.82, 2.24) is 29.5 Å². The molecule has 2 aliphatic rings. The molecule has 2 atom stereocenters. The van der Waals surface area contributed by atoms with Gasteiger partial charge < -0.3 is 14.0 Å². The van der Waals surface area contributed by atoms with E-state index in [1.54, 1.807) is 30.5 Å². The fraction of sp³-hybridized carbons (Fsp3) is 0.469. The lowest BCUT2D eigenvalue weighted by Gasteiger charge is -2.27. The Morgan fingerprint density at radius 2 is 1.66 bits per heavy atom. The molecule has 1 aromatic carbocycles. The summed E-state index contributed by atoms with van der Waals surface area (Å²) in [4.78, 5) is 21.9. The van der Waals surface area contributed by atoms with Gasteiger partial charge >= 0.3 is 6.18 Å². The molecule has 0 saturated heterocycles. The zero-order valence-electron chi connectivity index (χ0n) is 25.2. The number of rotatable bonds is 8. The molecule has 2 fully saturated rings. The Bertz CT molecular complexity index is 1570. The first-order valence-corrected chi connectivity index (χ1v) is 15.0. The van der Waals surface area contributed by atoms with Crippen molar-refractivity contribution in [3.8, 4) is 34.5 Å². The summed E-state index contributed by atoms with van der Waals surface area (Å²) in [5.74, 6) is 1.10. The molecule has 12 heteroatoms. The molecule has 6 rings (SSSR count). The molecule has 0 N–H and O–H groups in total. The number of hydrogen-bond acceptors (Lipinski definition) is 7. The Morgan fingerprint density at radius 1 is 0.932 bits per heavy atom. The Hall–Kier alpha value is -4.09. The summed E-state index contributed by atoms with van der Waals surface area (Å²) >= 11 is 0.